The first-order chi connectivity index (χ1) is 15.2. The van der Waals surface area contributed by atoms with Crippen LogP contribution >= 0.6 is 0 Å². The van der Waals surface area contributed by atoms with Crippen molar-refractivity contribution in [3.8, 4) is 5.75 Å². The van der Waals surface area contributed by atoms with E-state index in [9.17, 15) is 13.2 Å². The average Bonchev–Trinajstić information content (AvgIpc) is 2.76. The summed E-state index contributed by atoms with van der Waals surface area (Å²) >= 11 is 0. The molecular formula is C25H28N2O4S. The Balaban J connectivity index is 1.76. The molecule has 1 atom stereocenters. The Morgan fingerprint density at radius 1 is 0.969 bits per heavy atom. The third-order valence-corrected chi connectivity index (χ3v) is 6.57. The summed E-state index contributed by atoms with van der Waals surface area (Å²) in [5.74, 6) is 0.499. The summed E-state index contributed by atoms with van der Waals surface area (Å²) in [6.45, 7) is 8.03. The SMILES string of the molecule is CCOc1ccc(C(C)NC(=O)c2cccc(NS(=O)(=O)c3ccc(C)cc3)c2C)cc1. The van der Waals surface area contributed by atoms with Crippen LogP contribution in [0.25, 0.3) is 0 Å². The van der Waals surface area contributed by atoms with E-state index in [-0.39, 0.29) is 16.8 Å². The van der Waals surface area contributed by atoms with Gasteiger partial charge in [0.05, 0.1) is 23.2 Å². The number of carbonyl (C=O) groups excluding carboxylic acids is 1. The van der Waals surface area contributed by atoms with Gasteiger partial charge in [0.2, 0.25) is 0 Å². The second-order valence-electron chi connectivity index (χ2n) is 7.59. The number of aryl methyl sites for hydroxylation is 1. The van der Waals surface area contributed by atoms with Gasteiger partial charge in [-0.05, 0) is 75.2 Å². The third-order valence-electron chi connectivity index (χ3n) is 5.19. The smallest absolute Gasteiger partial charge is 0.261 e. The number of ether oxygens (including phenoxy) is 1. The predicted octanol–water partition coefficient (Wildman–Crippen LogP) is 4.99. The highest BCUT2D eigenvalue weighted by Gasteiger charge is 2.19. The fraction of sp³-hybridized carbons (Fsp3) is 0.240. The van der Waals surface area contributed by atoms with Crippen molar-refractivity contribution in [2.75, 3.05) is 11.3 Å². The zero-order valence-corrected chi connectivity index (χ0v) is 19.5. The third kappa shape index (κ3) is 5.48. The van der Waals surface area contributed by atoms with Gasteiger partial charge in [0.1, 0.15) is 5.75 Å². The van der Waals surface area contributed by atoms with Gasteiger partial charge in [0, 0.05) is 5.56 Å². The minimum atomic E-state index is -3.76. The van der Waals surface area contributed by atoms with Crippen molar-refractivity contribution in [1.29, 1.82) is 0 Å². The van der Waals surface area contributed by atoms with Crippen molar-refractivity contribution >= 4 is 21.6 Å². The van der Waals surface area contributed by atoms with Crippen LogP contribution in [-0.4, -0.2) is 20.9 Å². The molecule has 0 bridgehead atoms. The first-order valence-corrected chi connectivity index (χ1v) is 11.9. The monoisotopic (exact) mass is 452 g/mol. The lowest BCUT2D eigenvalue weighted by Crippen LogP contribution is -2.27. The summed E-state index contributed by atoms with van der Waals surface area (Å²) < 4.78 is 33.6. The Hall–Kier alpha value is -3.32. The van der Waals surface area contributed by atoms with Crippen LogP contribution in [0.2, 0.25) is 0 Å². The molecule has 0 spiro atoms. The Labute approximate surface area is 189 Å². The number of nitrogens with one attached hydrogen (secondary N) is 2. The molecule has 0 aliphatic heterocycles. The predicted molar refractivity (Wildman–Crippen MR) is 127 cm³/mol. The van der Waals surface area contributed by atoms with E-state index in [2.05, 4.69) is 10.0 Å². The van der Waals surface area contributed by atoms with E-state index in [0.29, 0.717) is 23.4 Å². The van der Waals surface area contributed by atoms with Crippen molar-refractivity contribution in [3.05, 3.63) is 89.0 Å². The van der Waals surface area contributed by atoms with E-state index < -0.39 is 10.0 Å². The highest BCUT2D eigenvalue weighted by atomic mass is 32.2. The van der Waals surface area contributed by atoms with Gasteiger partial charge in [0.15, 0.2) is 0 Å². The molecule has 3 aromatic rings. The fourth-order valence-corrected chi connectivity index (χ4v) is 4.41. The van der Waals surface area contributed by atoms with Crippen molar-refractivity contribution in [1.82, 2.24) is 5.32 Å². The number of sulfonamides is 1. The van der Waals surface area contributed by atoms with Gasteiger partial charge in [-0.25, -0.2) is 8.42 Å². The minimum Gasteiger partial charge on any atom is -0.494 e. The van der Waals surface area contributed by atoms with Crippen molar-refractivity contribution in [3.63, 3.8) is 0 Å². The lowest BCUT2D eigenvalue weighted by atomic mass is 10.0. The Bertz CT molecular complexity index is 1190. The summed E-state index contributed by atoms with van der Waals surface area (Å²) in [4.78, 5) is 13.1. The molecule has 6 nitrogen and oxygen atoms in total. The minimum absolute atomic E-state index is 0.168. The van der Waals surface area contributed by atoms with Crippen LogP contribution in [0.4, 0.5) is 5.69 Å². The number of hydrogen-bond acceptors (Lipinski definition) is 4. The van der Waals surface area contributed by atoms with Crippen LogP contribution < -0.4 is 14.8 Å². The first kappa shape index (κ1) is 23.3. The first-order valence-electron chi connectivity index (χ1n) is 10.4. The lowest BCUT2D eigenvalue weighted by molar-refractivity contribution is 0.0939. The topological polar surface area (TPSA) is 84.5 Å². The maximum Gasteiger partial charge on any atom is 0.261 e. The lowest BCUT2D eigenvalue weighted by Gasteiger charge is -2.17. The van der Waals surface area contributed by atoms with Crippen molar-refractivity contribution in [2.45, 2.75) is 38.6 Å². The molecule has 3 aromatic carbocycles. The number of hydrogen-bond donors (Lipinski definition) is 2. The van der Waals surface area contributed by atoms with Crippen molar-refractivity contribution < 1.29 is 17.9 Å². The number of amides is 1. The highest BCUT2D eigenvalue weighted by Crippen LogP contribution is 2.24. The molecule has 168 valence electrons. The zero-order valence-electron chi connectivity index (χ0n) is 18.7. The summed E-state index contributed by atoms with van der Waals surface area (Å²) in [6, 6.07) is 18.9. The van der Waals surface area contributed by atoms with Gasteiger partial charge in [-0.3, -0.25) is 9.52 Å². The molecule has 0 radical (unpaired) electrons. The number of anilines is 1. The van der Waals surface area contributed by atoms with E-state index in [1.807, 2.05) is 45.0 Å². The molecule has 32 heavy (non-hydrogen) atoms. The summed E-state index contributed by atoms with van der Waals surface area (Å²) in [5, 5.41) is 2.98. The van der Waals surface area contributed by atoms with E-state index >= 15 is 0 Å². The second-order valence-corrected chi connectivity index (χ2v) is 9.28. The van der Waals surface area contributed by atoms with Gasteiger partial charge in [0.25, 0.3) is 15.9 Å². The van der Waals surface area contributed by atoms with E-state index in [0.717, 1.165) is 16.9 Å². The fourth-order valence-electron chi connectivity index (χ4n) is 3.29. The number of carbonyl (C=O) groups is 1. The van der Waals surface area contributed by atoms with Gasteiger partial charge in [-0.15, -0.1) is 0 Å². The van der Waals surface area contributed by atoms with Crippen LogP contribution in [0.15, 0.2) is 71.6 Å². The maximum atomic E-state index is 12.9. The number of rotatable bonds is 8. The van der Waals surface area contributed by atoms with Gasteiger partial charge < -0.3 is 10.1 Å². The van der Waals surface area contributed by atoms with Gasteiger partial charge in [-0.1, -0.05) is 35.9 Å². The highest BCUT2D eigenvalue weighted by molar-refractivity contribution is 7.92. The van der Waals surface area contributed by atoms with Crippen LogP contribution in [0.3, 0.4) is 0 Å². The molecule has 0 aliphatic carbocycles. The van der Waals surface area contributed by atoms with Crippen molar-refractivity contribution in [2.24, 2.45) is 0 Å². The average molecular weight is 453 g/mol. The summed E-state index contributed by atoms with van der Waals surface area (Å²) in [5.41, 5.74) is 3.24. The molecule has 0 saturated heterocycles. The standard InChI is InChI=1S/C25H28N2O4S/c1-5-31-21-13-11-20(12-14-21)19(4)26-25(28)23-7-6-8-24(18(23)3)27-32(29,30)22-15-9-17(2)10-16-22/h6-16,19,27H,5H2,1-4H3,(H,26,28). The van der Waals surface area contributed by atoms with Crippen LogP contribution in [0.1, 0.15) is 46.9 Å². The summed E-state index contributed by atoms with van der Waals surface area (Å²) in [7, 11) is -3.76. The van der Waals surface area contributed by atoms with E-state index in [4.69, 9.17) is 4.74 Å². The maximum absolute atomic E-state index is 12.9. The van der Waals surface area contributed by atoms with Crippen LogP contribution in [0, 0.1) is 13.8 Å². The van der Waals surface area contributed by atoms with E-state index in [1.54, 1.807) is 49.4 Å². The molecule has 0 heterocycles. The van der Waals surface area contributed by atoms with Crippen LogP contribution in [0.5, 0.6) is 5.75 Å². The molecule has 1 amide bonds. The Morgan fingerprint density at radius 3 is 2.25 bits per heavy atom. The molecule has 3 rings (SSSR count). The molecule has 0 aromatic heterocycles. The van der Waals surface area contributed by atoms with Gasteiger partial charge >= 0.3 is 0 Å². The van der Waals surface area contributed by atoms with Crippen LogP contribution in [-0.2, 0) is 10.0 Å². The van der Waals surface area contributed by atoms with Gasteiger partial charge in [-0.2, -0.15) is 0 Å². The molecule has 1 unspecified atom stereocenters. The Kier molecular flexibility index (Phi) is 7.20. The molecule has 2 N–H and O–H groups in total. The largest absolute Gasteiger partial charge is 0.494 e. The summed E-state index contributed by atoms with van der Waals surface area (Å²) in [6.07, 6.45) is 0. The zero-order chi connectivity index (χ0) is 23.3. The molecule has 0 fully saturated rings. The quantitative estimate of drug-likeness (QED) is 0.504. The normalized spacial score (nSPS) is 12.1. The Morgan fingerprint density at radius 2 is 1.62 bits per heavy atom. The molecule has 0 aliphatic rings. The second kappa shape index (κ2) is 9.87. The molecular weight excluding hydrogens is 424 g/mol. The van der Waals surface area contributed by atoms with E-state index in [1.165, 1.54) is 0 Å². The number of benzene rings is 3. The molecule has 7 heteroatoms. The molecule has 0 saturated carbocycles.